The minimum Gasteiger partial charge on any atom is -0.455 e. The van der Waals surface area contributed by atoms with Gasteiger partial charge in [-0.15, -0.1) is 0 Å². The lowest BCUT2D eigenvalue weighted by atomic mass is 10.1. The first-order valence-corrected chi connectivity index (χ1v) is 10.0. The number of anilines is 1. The zero-order chi connectivity index (χ0) is 23.3. The van der Waals surface area contributed by atoms with E-state index in [2.05, 4.69) is 10.7 Å². The van der Waals surface area contributed by atoms with Gasteiger partial charge in [-0.1, -0.05) is 23.7 Å². The number of carbonyl (C=O) groups excluding carboxylic acids is 5. The van der Waals surface area contributed by atoms with E-state index in [1.54, 1.807) is 30.3 Å². The van der Waals surface area contributed by atoms with E-state index < -0.39 is 36.2 Å². The second kappa shape index (κ2) is 10.1. The molecule has 1 atom stereocenters. The first-order valence-electron chi connectivity index (χ1n) is 9.67. The maximum absolute atomic E-state index is 12.3. The summed E-state index contributed by atoms with van der Waals surface area (Å²) in [5, 5.41) is 4.06. The molecular weight excluding hydrogens is 438 g/mol. The summed E-state index contributed by atoms with van der Waals surface area (Å²) in [4.78, 5) is 60.1. The second-order valence-electron chi connectivity index (χ2n) is 7.15. The molecule has 1 heterocycles. The minimum absolute atomic E-state index is 0.0702. The number of hydrazine groups is 1. The Morgan fingerprint density at radius 2 is 1.81 bits per heavy atom. The number of rotatable bonds is 7. The molecular formula is C22H20ClN3O6. The molecule has 2 aromatic carbocycles. The van der Waals surface area contributed by atoms with Crippen LogP contribution in [0.5, 0.6) is 0 Å². The highest BCUT2D eigenvalue weighted by atomic mass is 35.5. The Morgan fingerprint density at radius 3 is 2.50 bits per heavy atom. The summed E-state index contributed by atoms with van der Waals surface area (Å²) in [6.45, 7) is 0.789. The molecule has 1 saturated heterocycles. The van der Waals surface area contributed by atoms with Crippen molar-refractivity contribution in [3.05, 3.63) is 64.7 Å². The highest BCUT2D eigenvalue weighted by molar-refractivity contribution is 6.30. The molecule has 32 heavy (non-hydrogen) atoms. The maximum atomic E-state index is 12.3. The van der Waals surface area contributed by atoms with Gasteiger partial charge in [-0.25, -0.2) is 0 Å². The molecule has 3 amide bonds. The Bertz CT molecular complexity index is 1070. The smallest absolute Gasteiger partial charge is 0.311 e. The van der Waals surface area contributed by atoms with Crippen LogP contribution in [0.2, 0.25) is 5.02 Å². The van der Waals surface area contributed by atoms with Crippen molar-refractivity contribution in [2.75, 3.05) is 18.5 Å². The Hall–Kier alpha value is -3.72. The molecule has 0 aromatic heterocycles. The number of halogens is 1. The first kappa shape index (κ1) is 23.0. The van der Waals surface area contributed by atoms with Gasteiger partial charge in [-0.2, -0.15) is 0 Å². The Labute approximate surface area is 188 Å². The number of esters is 1. The van der Waals surface area contributed by atoms with Crippen LogP contribution in [-0.2, 0) is 19.1 Å². The lowest BCUT2D eigenvalue weighted by molar-refractivity contribution is -0.151. The number of Topliss-reactive ketones (excluding diaryl/α,β-unsaturated/α-hetero) is 1. The summed E-state index contributed by atoms with van der Waals surface area (Å²) in [5.41, 5.74) is 3.58. The van der Waals surface area contributed by atoms with E-state index in [1.807, 2.05) is 0 Å². The molecule has 9 nitrogen and oxygen atoms in total. The molecule has 0 unspecified atom stereocenters. The predicted molar refractivity (Wildman–Crippen MR) is 115 cm³/mol. The van der Waals surface area contributed by atoms with Crippen LogP contribution in [0.4, 0.5) is 5.69 Å². The van der Waals surface area contributed by atoms with Crippen LogP contribution in [0.3, 0.4) is 0 Å². The largest absolute Gasteiger partial charge is 0.455 e. The molecule has 0 saturated carbocycles. The molecule has 2 N–H and O–H groups in total. The van der Waals surface area contributed by atoms with Crippen molar-refractivity contribution in [3.63, 3.8) is 0 Å². The van der Waals surface area contributed by atoms with E-state index in [0.29, 0.717) is 21.8 Å². The molecule has 10 heteroatoms. The predicted octanol–water partition coefficient (Wildman–Crippen LogP) is 2.22. The van der Waals surface area contributed by atoms with Crippen molar-refractivity contribution in [3.8, 4) is 0 Å². The summed E-state index contributed by atoms with van der Waals surface area (Å²) >= 11 is 5.79. The van der Waals surface area contributed by atoms with Crippen LogP contribution >= 0.6 is 11.6 Å². The third-order valence-electron chi connectivity index (χ3n) is 4.70. The van der Waals surface area contributed by atoms with Gasteiger partial charge in [0.05, 0.1) is 12.5 Å². The van der Waals surface area contributed by atoms with Crippen LogP contribution in [0, 0.1) is 5.92 Å². The average molecular weight is 458 g/mol. The van der Waals surface area contributed by atoms with Gasteiger partial charge in [0.2, 0.25) is 5.91 Å². The number of carbonyl (C=O) groups is 5. The van der Waals surface area contributed by atoms with Crippen LogP contribution in [0.1, 0.15) is 34.1 Å². The van der Waals surface area contributed by atoms with Crippen molar-refractivity contribution in [1.29, 1.82) is 0 Å². The first-order chi connectivity index (χ1) is 15.2. The summed E-state index contributed by atoms with van der Waals surface area (Å²) in [7, 11) is 0. The van der Waals surface area contributed by atoms with Crippen molar-refractivity contribution >= 4 is 46.8 Å². The number of amides is 3. The topological polar surface area (TPSA) is 122 Å². The standard InChI is InChI=1S/C22H20ClN3O6/c1-13(27)15-3-2-4-18(9-15)24-19(28)12-32-22(31)16-10-20(29)26(11-16)25-21(30)14-5-7-17(23)8-6-14/h2-9,16H,10-12H2,1H3,(H,24,28)(H,25,30)/t16-/m1/s1. The van der Waals surface area contributed by atoms with E-state index in [9.17, 15) is 24.0 Å². The lowest BCUT2D eigenvalue weighted by Crippen LogP contribution is -2.43. The highest BCUT2D eigenvalue weighted by Crippen LogP contribution is 2.18. The summed E-state index contributed by atoms with van der Waals surface area (Å²) in [6, 6.07) is 12.5. The molecule has 0 radical (unpaired) electrons. The Morgan fingerprint density at radius 1 is 1.09 bits per heavy atom. The van der Waals surface area contributed by atoms with E-state index in [4.69, 9.17) is 16.3 Å². The van der Waals surface area contributed by atoms with E-state index in [0.717, 1.165) is 5.01 Å². The van der Waals surface area contributed by atoms with Gasteiger partial charge in [0.25, 0.3) is 11.8 Å². The molecule has 0 aliphatic carbocycles. The van der Waals surface area contributed by atoms with Gasteiger partial charge in [-0.05, 0) is 43.3 Å². The number of ether oxygens (including phenoxy) is 1. The fourth-order valence-corrected chi connectivity index (χ4v) is 3.16. The molecule has 0 spiro atoms. The lowest BCUT2D eigenvalue weighted by Gasteiger charge is -2.17. The molecule has 0 bridgehead atoms. The number of nitrogens with zero attached hydrogens (tertiary/aromatic N) is 1. The van der Waals surface area contributed by atoms with Crippen LogP contribution in [0.15, 0.2) is 48.5 Å². The number of hydrogen-bond acceptors (Lipinski definition) is 6. The van der Waals surface area contributed by atoms with Crippen LogP contribution in [0.25, 0.3) is 0 Å². The van der Waals surface area contributed by atoms with Crippen molar-refractivity contribution in [1.82, 2.24) is 10.4 Å². The van der Waals surface area contributed by atoms with Crippen LogP contribution < -0.4 is 10.7 Å². The third kappa shape index (κ3) is 5.92. The molecule has 2 aromatic rings. The van der Waals surface area contributed by atoms with Gasteiger partial charge in [0.15, 0.2) is 12.4 Å². The maximum Gasteiger partial charge on any atom is 0.311 e. The fourth-order valence-electron chi connectivity index (χ4n) is 3.03. The monoisotopic (exact) mass is 457 g/mol. The van der Waals surface area contributed by atoms with Gasteiger partial charge < -0.3 is 10.1 Å². The zero-order valence-corrected chi connectivity index (χ0v) is 17.8. The van der Waals surface area contributed by atoms with E-state index >= 15 is 0 Å². The van der Waals surface area contributed by atoms with E-state index in [-0.39, 0.29) is 18.7 Å². The SMILES string of the molecule is CC(=O)c1cccc(NC(=O)COC(=O)[C@@H]2CC(=O)N(NC(=O)c3ccc(Cl)cc3)C2)c1. The fraction of sp³-hybridized carbons (Fsp3) is 0.227. The molecule has 166 valence electrons. The van der Waals surface area contributed by atoms with Crippen molar-refractivity contribution in [2.45, 2.75) is 13.3 Å². The minimum atomic E-state index is -0.818. The van der Waals surface area contributed by atoms with Gasteiger partial charge in [0.1, 0.15) is 0 Å². The number of benzene rings is 2. The highest BCUT2D eigenvalue weighted by Gasteiger charge is 2.36. The zero-order valence-electron chi connectivity index (χ0n) is 17.1. The van der Waals surface area contributed by atoms with Crippen molar-refractivity contribution in [2.24, 2.45) is 5.92 Å². The van der Waals surface area contributed by atoms with Gasteiger partial charge >= 0.3 is 5.97 Å². The van der Waals surface area contributed by atoms with Gasteiger partial charge in [-0.3, -0.25) is 34.4 Å². The third-order valence-corrected chi connectivity index (χ3v) is 4.95. The Balaban J connectivity index is 1.48. The average Bonchev–Trinajstić information content (AvgIpc) is 3.13. The number of ketones is 1. The summed E-state index contributed by atoms with van der Waals surface area (Å²) in [6.07, 6.45) is -0.151. The number of nitrogens with one attached hydrogen (secondary N) is 2. The molecule has 1 aliphatic rings. The van der Waals surface area contributed by atoms with Gasteiger partial charge in [0, 0.05) is 28.3 Å². The van der Waals surface area contributed by atoms with Crippen molar-refractivity contribution < 1.29 is 28.7 Å². The quantitative estimate of drug-likeness (QED) is 0.485. The second-order valence-corrected chi connectivity index (χ2v) is 7.58. The van der Waals surface area contributed by atoms with Crippen LogP contribution in [-0.4, -0.2) is 47.6 Å². The normalized spacial score (nSPS) is 15.2. The summed E-state index contributed by atoms with van der Waals surface area (Å²) < 4.78 is 5.01. The molecule has 1 aliphatic heterocycles. The molecule has 3 rings (SSSR count). The van der Waals surface area contributed by atoms with E-state index in [1.165, 1.54) is 25.1 Å². The molecule has 1 fully saturated rings. The Kier molecular flexibility index (Phi) is 7.21. The number of hydrogen-bond donors (Lipinski definition) is 2. The summed E-state index contributed by atoms with van der Waals surface area (Å²) in [5.74, 6) is -3.24.